The quantitative estimate of drug-likeness (QED) is 0.832. The smallest absolute Gasteiger partial charge is 0.410 e. The minimum atomic E-state index is -0.523. The maximum absolute atomic E-state index is 12.5. The Morgan fingerprint density at radius 1 is 1.24 bits per heavy atom. The second kappa shape index (κ2) is 7.46. The summed E-state index contributed by atoms with van der Waals surface area (Å²) in [4.78, 5) is 28.3. The lowest BCUT2D eigenvalue weighted by molar-refractivity contribution is -0.129. The van der Waals surface area contributed by atoms with E-state index in [9.17, 15) is 9.59 Å². The topological polar surface area (TPSA) is 49.9 Å². The molecule has 1 aliphatic heterocycles. The van der Waals surface area contributed by atoms with Crippen LogP contribution in [-0.2, 0) is 9.53 Å². The van der Waals surface area contributed by atoms with Gasteiger partial charge in [-0.05, 0) is 40.2 Å². The highest BCUT2D eigenvalue weighted by atomic mass is 16.6. The van der Waals surface area contributed by atoms with Gasteiger partial charge in [0, 0.05) is 32.0 Å². The first-order valence-corrected chi connectivity index (χ1v) is 8.90. The fourth-order valence-electron chi connectivity index (χ4n) is 3.19. The minimum absolute atomic E-state index is 0.0396. The third kappa shape index (κ3) is 4.74. The van der Waals surface area contributed by atoms with E-state index < -0.39 is 5.60 Å². The van der Waals surface area contributed by atoms with Gasteiger partial charge in [0.05, 0.1) is 6.04 Å². The zero-order valence-corrected chi connectivity index (χ0v) is 16.2. The van der Waals surface area contributed by atoms with Gasteiger partial charge in [-0.15, -0.1) is 0 Å². The number of carbonyl (C=O) groups excluding carboxylic acids is 2. The van der Waals surface area contributed by atoms with Crippen LogP contribution in [0.25, 0.3) is 0 Å². The van der Waals surface area contributed by atoms with E-state index in [1.54, 1.807) is 11.9 Å². The number of amides is 2. The first-order valence-electron chi connectivity index (χ1n) is 8.90. The fourth-order valence-corrected chi connectivity index (χ4v) is 3.19. The summed E-state index contributed by atoms with van der Waals surface area (Å²) in [7, 11) is 1.74. The molecule has 2 amide bonds. The number of likely N-dealkylation sites (tertiary alicyclic amines) is 1. The van der Waals surface area contributed by atoms with Gasteiger partial charge in [0.1, 0.15) is 5.60 Å². The molecule has 0 saturated carbocycles. The molecule has 25 heavy (non-hydrogen) atoms. The molecule has 0 unspecified atom stereocenters. The van der Waals surface area contributed by atoms with E-state index in [4.69, 9.17) is 4.74 Å². The van der Waals surface area contributed by atoms with E-state index in [2.05, 4.69) is 6.92 Å². The van der Waals surface area contributed by atoms with Crippen LogP contribution in [0, 0.1) is 5.92 Å². The number of rotatable bonds is 4. The number of carbonyl (C=O) groups is 2. The van der Waals surface area contributed by atoms with Crippen LogP contribution in [0.5, 0.6) is 0 Å². The summed E-state index contributed by atoms with van der Waals surface area (Å²) in [5.74, 6) is 0.252. The highest BCUT2D eigenvalue weighted by Crippen LogP contribution is 2.31. The van der Waals surface area contributed by atoms with Gasteiger partial charge in [-0.2, -0.15) is 0 Å². The molecule has 138 valence electrons. The summed E-state index contributed by atoms with van der Waals surface area (Å²) < 4.78 is 5.44. The Morgan fingerprint density at radius 2 is 1.84 bits per heavy atom. The first-order chi connectivity index (χ1) is 11.6. The van der Waals surface area contributed by atoms with Gasteiger partial charge < -0.3 is 14.5 Å². The molecule has 1 fully saturated rings. The normalized spacial score (nSPS) is 20.3. The maximum atomic E-state index is 12.5. The van der Waals surface area contributed by atoms with Gasteiger partial charge in [0.25, 0.3) is 0 Å². The number of ether oxygens (including phenoxy) is 1. The lowest BCUT2D eigenvalue weighted by atomic mass is 9.99. The Morgan fingerprint density at radius 3 is 2.40 bits per heavy atom. The third-order valence-electron chi connectivity index (χ3n) is 4.91. The van der Waals surface area contributed by atoms with Crippen molar-refractivity contribution in [2.24, 2.45) is 5.92 Å². The molecule has 2 rings (SSSR count). The molecule has 0 bridgehead atoms. The van der Waals surface area contributed by atoms with Crippen LogP contribution >= 0.6 is 0 Å². The number of hydrogen-bond acceptors (Lipinski definition) is 3. The Balaban J connectivity index is 2.02. The number of hydrogen-bond donors (Lipinski definition) is 0. The average molecular weight is 346 g/mol. The number of benzene rings is 1. The molecule has 0 spiro atoms. The van der Waals surface area contributed by atoms with Crippen LogP contribution in [0.2, 0.25) is 0 Å². The van der Waals surface area contributed by atoms with E-state index in [1.165, 1.54) is 0 Å². The fraction of sp³-hybridized carbons (Fsp3) is 0.600. The predicted octanol–water partition coefficient (Wildman–Crippen LogP) is 3.85. The maximum Gasteiger partial charge on any atom is 0.410 e. The van der Waals surface area contributed by atoms with Crippen molar-refractivity contribution in [2.75, 3.05) is 13.6 Å². The second-order valence-corrected chi connectivity index (χ2v) is 7.93. The minimum Gasteiger partial charge on any atom is -0.444 e. The molecule has 1 aromatic carbocycles. The molecule has 1 saturated heterocycles. The van der Waals surface area contributed by atoms with E-state index >= 15 is 0 Å². The van der Waals surface area contributed by atoms with Gasteiger partial charge in [0.15, 0.2) is 0 Å². The van der Waals surface area contributed by atoms with Crippen LogP contribution in [0.4, 0.5) is 4.79 Å². The summed E-state index contributed by atoms with van der Waals surface area (Å²) in [5, 5.41) is 0. The van der Waals surface area contributed by atoms with Crippen molar-refractivity contribution < 1.29 is 14.3 Å². The monoisotopic (exact) mass is 346 g/mol. The largest absolute Gasteiger partial charge is 0.444 e. The molecular formula is C20H30N2O3. The van der Waals surface area contributed by atoms with Gasteiger partial charge >= 0.3 is 6.09 Å². The number of nitrogens with zero attached hydrogens (tertiary/aromatic N) is 2. The first kappa shape index (κ1) is 19.3. The molecule has 1 aromatic rings. The zero-order valence-electron chi connectivity index (χ0n) is 16.2. The van der Waals surface area contributed by atoms with E-state index in [0.717, 1.165) is 5.56 Å². The molecule has 1 aliphatic rings. The van der Waals surface area contributed by atoms with Gasteiger partial charge in [-0.3, -0.25) is 4.79 Å². The van der Waals surface area contributed by atoms with Crippen LogP contribution in [0.3, 0.4) is 0 Å². The van der Waals surface area contributed by atoms with Crippen LogP contribution in [0.15, 0.2) is 30.3 Å². The molecule has 0 radical (unpaired) electrons. The summed E-state index contributed by atoms with van der Waals surface area (Å²) in [6.07, 6.45) is 0.118. The lowest BCUT2D eigenvalue weighted by Crippen LogP contribution is -2.43. The molecule has 1 heterocycles. The molecule has 0 aromatic heterocycles. The Labute approximate surface area is 150 Å². The standard InChI is InChI=1S/C20H30N2O3/c1-14(21(6)19(24)25-20(3,4)5)17-12-18(23)22(13-17)15(2)16-10-8-7-9-11-16/h7-11,14-15,17H,12-13H2,1-6H3/t14-,15-,17+/m1/s1. The predicted molar refractivity (Wildman–Crippen MR) is 98.1 cm³/mol. The molecule has 5 heteroatoms. The van der Waals surface area contributed by atoms with Crippen molar-refractivity contribution in [1.82, 2.24) is 9.80 Å². The van der Waals surface area contributed by atoms with E-state index in [0.29, 0.717) is 13.0 Å². The summed E-state index contributed by atoms with van der Waals surface area (Å²) >= 11 is 0. The second-order valence-electron chi connectivity index (χ2n) is 7.93. The average Bonchev–Trinajstić information content (AvgIpc) is 2.93. The van der Waals surface area contributed by atoms with Crippen LogP contribution in [-0.4, -0.2) is 47.0 Å². The zero-order chi connectivity index (χ0) is 18.8. The highest BCUT2D eigenvalue weighted by molar-refractivity contribution is 5.79. The van der Waals surface area contributed by atoms with Gasteiger partial charge in [-0.1, -0.05) is 30.3 Å². The summed E-state index contributed by atoms with van der Waals surface area (Å²) in [6.45, 7) is 10.3. The Hall–Kier alpha value is -2.04. The summed E-state index contributed by atoms with van der Waals surface area (Å²) in [5.41, 5.74) is 0.606. The van der Waals surface area contributed by atoms with Gasteiger partial charge in [-0.25, -0.2) is 4.79 Å². The molecule has 0 aliphatic carbocycles. The lowest BCUT2D eigenvalue weighted by Gasteiger charge is -2.32. The van der Waals surface area contributed by atoms with E-state index in [-0.39, 0.29) is 30.0 Å². The molecule has 5 nitrogen and oxygen atoms in total. The third-order valence-corrected chi connectivity index (χ3v) is 4.91. The Bertz CT molecular complexity index is 609. The van der Waals surface area contributed by atoms with Crippen molar-refractivity contribution in [3.63, 3.8) is 0 Å². The van der Waals surface area contributed by atoms with Crippen molar-refractivity contribution in [3.05, 3.63) is 35.9 Å². The van der Waals surface area contributed by atoms with Crippen LogP contribution in [0.1, 0.15) is 52.6 Å². The van der Waals surface area contributed by atoms with Crippen molar-refractivity contribution >= 4 is 12.0 Å². The van der Waals surface area contributed by atoms with Crippen molar-refractivity contribution in [2.45, 2.75) is 58.7 Å². The molecular weight excluding hydrogens is 316 g/mol. The van der Waals surface area contributed by atoms with Crippen LogP contribution < -0.4 is 0 Å². The Kier molecular flexibility index (Phi) is 5.76. The molecule has 3 atom stereocenters. The highest BCUT2D eigenvalue weighted by Gasteiger charge is 2.38. The molecule has 0 N–H and O–H groups in total. The van der Waals surface area contributed by atoms with Crippen molar-refractivity contribution in [3.8, 4) is 0 Å². The van der Waals surface area contributed by atoms with Gasteiger partial charge in [0.2, 0.25) is 5.91 Å². The summed E-state index contributed by atoms with van der Waals surface area (Å²) in [6, 6.07) is 10.0. The van der Waals surface area contributed by atoms with E-state index in [1.807, 2.05) is 62.9 Å². The SMILES string of the molecule is C[C@H]([C@H]1CC(=O)N([C@H](C)c2ccccc2)C1)N(C)C(=O)OC(C)(C)C. The van der Waals surface area contributed by atoms with Crippen molar-refractivity contribution in [1.29, 1.82) is 0 Å².